The second kappa shape index (κ2) is 6.45. The molecular weight excluding hydrogens is 226 g/mol. The molecule has 0 aliphatic carbocycles. The van der Waals surface area contributed by atoms with Crippen molar-refractivity contribution in [3.63, 3.8) is 0 Å². The largest absolute Gasteiger partial charge is 0.393 e. The number of halogens is 1. The maximum absolute atomic E-state index is 11.7. The predicted molar refractivity (Wildman–Crippen MR) is 65.5 cm³/mol. The summed E-state index contributed by atoms with van der Waals surface area (Å²) in [5.74, 6) is 1.29. The molecule has 2 atom stereocenters. The van der Waals surface area contributed by atoms with Crippen molar-refractivity contribution in [3.8, 4) is 0 Å². The van der Waals surface area contributed by atoms with Crippen LogP contribution in [0.15, 0.2) is 0 Å². The van der Waals surface area contributed by atoms with E-state index in [1.807, 2.05) is 4.90 Å². The topological polar surface area (TPSA) is 40.5 Å². The molecule has 0 aromatic heterocycles. The highest BCUT2D eigenvalue weighted by Gasteiger charge is 2.30. The fraction of sp³-hybridized carbons (Fsp3) is 0.917. The highest BCUT2D eigenvalue weighted by Crippen LogP contribution is 2.24. The molecular formula is C12H22ClNO2. The van der Waals surface area contributed by atoms with E-state index in [1.54, 1.807) is 0 Å². The maximum atomic E-state index is 11.7. The van der Waals surface area contributed by atoms with Crippen LogP contribution < -0.4 is 0 Å². The number of nitrogens with zero attached hydrogens (tertiary/aromatic N) is 1. The fourth-order valence-corrected chi connectivity index (χ4v) is 2.48. The third-order valence-electron chi connectivity index (χ3n) is 3.13. The summed E-state index contributed by atoms with van der Waals surface area (Å²) in [5.41, 5.74) is 0. The monoisotopic (exact) mass is 247 g/mol. The van der Waals surface area contributed by atoms with Crippen molar-refractivity contribution in [1.29, 1.82) is 0 Å². The van der Waals surface area contributed by atoms with Crippen LogP contribution in [0.5, 0.6) is 0 Å². The lowest BCUT2D eigenvalue weighted by molar-refractivity contribution is -0.134. The minimum Gasteiger partial charge on any atom is -0.393 e. The number of carbonyl (C=O) groups is 1. The molecule has 0 aromatic rings. The molecule has 1 aliphatic heterocycles. The van der Waals surface area contributed by atoms with Crippen LogP contribution in [0, 0.1) is 11.8 Å². The van der Waals surface area contributed by atoms with E-state index < -0.39 is 0 Å². The van der Waals surface area contributed by atoms with Crippen molar-refractivity contribution in [2.45, 2.75) is 39.2 Å². The lowest BCUT2D eigenvalue weighted by Crippen LogP contribution is -2.46. The van der Waals surface area contributed by atoms with Gasteiger partial charge in [-0.1, -0.05) is 13.8 Å². The lowest BCUT2D eigenvalue weighted by Gasteiger charge is -2.37. The molecule has 0 aromatic carbocycles. The van der Waals surface area contributed by atoms with Crippen molar-refractivity contribution in [2.75, 3.05) is 19.0 Å². The average molecular weight is 248 g/mol. The second-order valence-corrected chi connectivity index (χ2v) is 5.40. The molecule has 1 fully saturated rings. The summed E-state index contributed by atoms with van der Waals surface area (Å²) < 4.78 is 0. The van der Waals surface area contributed by atoms with Crippen LogP contribution in [0.25, 0.3) is 0 Å². The number of likely N-dealkylation sites (tertiary alicyclic amines) is 1. The molecule has 1 heterocycles. The number of aliphatic hydroxyl groups excluding tert-OH is 1. The Bertz CT molecular complexity index is 233. The summed E-state index contributed by atoms with van der Waals surface area (Å²) in [7, 11) is 0. The van der Waals surface area contributed by atoms with Crippen LogP contribution in [-0.4, -0.2) is 41.0 Å². The molecule has 1 saturated heterocycles. The zero-order valence-corrected chi connectivity index (χ0v) is 10.9. The molecule has 3 nitrogen and oxygen atoms in total. The van der Waals surface area contributed by atoms with Crippen molar-refractivity contribution < 1.29 is 9.90 Å². The molecule has 0 bridgehead atoms. The molecule has 2 unspecified atom stereocenters. The van der Waals surface area contributed by atoms with E-state index in [1.165, 1.54) is 0 Å². The van der Waals surface area contributed by atoms with Gasteiger partial charge in [-0.2, -0.15) is 0 Å². The van der Waals surface area contributed by atoms with Crippen molar-refractivity contribution >= 4 is 17.5 Å². The van der Waals surface area contributed by atoms with Gasteiger partial charge in [-0.15, -0.1) is 11.6 Å². The highest BCUT2D eigenvalue weighted by molar-refractivity contribution is 6.18. The number of hydrogen-bond acceptors (Lipinski definition) is 2. The number of aliphatic hydroxyl groups is 1. The zero-order chi connectivity index (χ0) is 12.1. The number of alkyl halides is 1. The molecule has 1 amide bonds. The lowest BCUT2D eigenvalue weighted by atomic mass is 9.87. The number of amides is 1. The molecule has 4 heteroatoms. The molecule has 1 aliphatic rings. The van der Waals surface area contributed by atoms with Gasteiger partial charge in [0.25, 0.3) is 0 Å². The summed E-state index contributed by atoms with van der Waals surface area (Å²) in [6.45, 7) is 5.65. The Morgan fingerprint density at radius 1 is 1.56 bits per heavy atom. The second-order valence-electron chi connectivity index (χ2n) is 5.02. The van der Waals surface area contributed by atoms with Gasteiger partial charge >= 0.3 is 0 Å². The van der Waals surface area contributed by atoms with E-state index in [4.69, 9.17) is 11.6 Å². The molecule has 0 saturated carbocycles. The van der Waals surface area contributed by atoms with Gasteiger partial charge in [0.1, 0.15) is 0 Å². The smallest absolute Gasteiger partial charge is 0.223 e. The third kappa shape index (κ3) is 3.95. The summed E-state index contributed by atoms with van der Waals surface area (Å²) in [5, 5.41) is 9.88. The Balaban J connectivity index is 2.49. The third-order valence-corrected chi connectivity index (χ3v) is 3.32. The summed E-state index contributed by atoms with van der Waals surface area (Å²) in [6, 6.07) is 0. The van der Waals surface area contributed by atoms with Crippen LogP contribution >= 0.6 is 11.6 Å². The van der Waals surface area contributed by atoms with Crippen molar-refractivity contribution in [2.24, 2.45) is 11.8 Å². The number of hydrogen-bond donors (Lipinski definition) is 1. The van der Waals surface area contributed by atoms with E-state index in [0.29, 0.717) is 37.7 Å². The first-order valence-corrected chi connectivity index (χ1v) is 6.59. The summed E-state index contributed by atoms with van der Waals surface area (Å²) in [4.78, 5) is 13.5. The standard InChI is InChI=1S/C12H22ClNO2/c1-9(2)7-10-8-14(6-4-11(10)15)12(16)3-5-13/h9-11,15H,3-8H2,1-2H3. The first kappa shape index (κ1) is 13.8. The minimum atomic E-state index is -0.248. The molecule has 0 radical (unpaired) electrons. The Morgan fingerprint density at radius 2 is 2.25 bits per heavy atom. The Morgan fingerprint density at radius 3 is 2.81 bits per heavy atom. The van der Waals surface area contributed by atoms with E-state index >= 15 is 0 Å². The van der Waals surface area contributed by atoms with Crippen molar-refractivity contribution in [1.82, 2.24) is 4.90 Å². The average Bonchev–Trinajstić information content (AvgIpc) is 2.21. The van der Waals surface area contributed by atoms with Gasteiger partial charge in [-0.25, -0.2) is 0 Å². The molecule has 94 valence electrons. The molecule has 1 N–H and O–H groups in total. The van der Waals surface area contributed by atoms with Crippen molar-refractivity contribution in [3.05, 3.63) is 0 Å². The van der Waals surface area contributed by atoms with Crippen LogP contribution in [-0.2, 0) is 4.79 Å². The van der Waals surface area contributed by atoms with Crippen LogP contribution in [0.2, 0.25) is 0 Å². The van der Waals surface area contributed by atoms with Gasteiger partial charge in [0, 0.05) is 31.3 Å². The van der Waals surface area contributed by atoms with E-state index in [9.17, 15) is 9.90 Å². The maximum Gasteiger partial charge on any atom is 0.223 e. The molecule has 16 heavy (non-hydrogen) atoms. The van der Waals surface area contributed by atoms with Crippen LogP contribution in [0.3, 0.4) is 0 Å². The summed E-state index contributed by atoms with van der Waals surface area (Å²) >= 11 is 5.57. The highest BCUT2D eigenvalue weighted by atomic mass is 35.5. The number of carbonyl (C=O) groups excluding carboxylic acids is 1. The molecule has 0 spiro atoms. The van der Waals surface area contributed by atoms with E-state index in [2.05, 4.69) is 13.8 Å². The molecule has 1 rings (SSSR count). The number of rotatable bonds is 4. The van der Waals surface area contributed by atoms with Crippen LogP contribution in [0.1, 0.15) is 33.1 Å². The van der Waals surface area contributed by atoms with Gasteiger partial charge in [0.05, 0.1) is 6.10 Å². The SMILES string of the molecule is CC(C)CC1CN(C(=O)CCCl)CCC1O. The number of piperidine rings is 1. The first-order valence-electron chi connectivity index (χ1n) is 6.06. The van der Waals surface area contributed by atoms with Gasteiger partial charge in [0.15, 0.2) is 0 Å². The van der Waals surface area contributed by atoms with Gasteiger partial charge < -0.3 is 10.0 Å². The zero-order valence-electron chi connectivity index (χ0n) is 10.2. The Labute approximate surface area is 103 Å². The Kier molecular flexibility index (Phi) is 5.56. The predicted octanol–water partition coefficient (Wildman–Crippen LogP) is 1.87. The first-order chi connectivity index (χ1) is 7.54. The van der Waals surface area contributed by atoms with E-state index in [0.717, 1.165) is 6.42 Å². The quantitative estimate of drug-likeness (QED) is 0.771. The fourth-order valence-electron chi connectivity index (χ4n) is 2.32. The van der Waals surface area contributed by atoms with Gasteiger partial charge in [0.2, 0.25) is 5.91 Å². The van der Waals surface area contributed by atoms with Gasteiger partial charge in [-0.05, 0) is 18.8 Å². The Hall–Kier alpha value is -0.280. The normalized spacial score (nSPS) is 26.2. The van der Waals surface area contributed by atoms with Crippen LogP contribution in [0.4, 0.5) is 0 Å². The van der Waals surface area contributed by atoms with Gasteiger partial charge in [-0.3, -0.25) is 4.79 Å². The minimum absolute atomic E-state index is 0.121. The summed E-state index contributed by atoms with van der Waals surface area (Å²) in [6.07, 6.45) is 1.84. The van der Waals surface area contributed by atoms with E-state index in [-0.39, 0.29) is 17.9 Å².